The minimum Gasteiger partial charge on any atom is -0.468 e. The van der Waals surface area contributed by atoms with Gasteiger partial charge < -0.3 is 18.8 Å². The molecule has 1 aromatic carbocycles. The van der Waals surface area contributed by atoms with Crippen molar-refractivity contribution >= 4 is 22.8 Å². The van der Waals surface area contributed by atoms with Crippen LogP contribution in [0.3, 0.4) is 0 Å². The first-order valence-electron chi connectivity index (χ1n) is 7.52. The molecule has 1 fully saturated rings. The van der Waals surface area contributed by atoms with Crippen molar-refractivity contribution in [1.29, 1.82) is 0 Å². The summed E-state index contributed by atoms with van der Waals surface area (Å²) in [4.78, 5) is 25.0. The van der Waals surface area contributed by atoms with Crippen LogP contribution in [0, 0.1) is 5.41 Å². The largest absolute Gasteiger partial charge is 0.468 e. The Morgan fingerprint density at radius 1 is 1.22 bits per heavy atom. The van der Waals surface area contributed by atoms with Crippen LogP contribution in [-0.4, -0.2) is 36.8 Å². The van der Waals surface area contributed by atoms with Gasteiger partial charge in [0.2, 0.25) is 0 Å². The van der Waals surface area contributed by atoms with Gasteiger partial charge in [0.05, 0.1) is 20.3 Å². The third-order valence-electron chi connectivity index (χ3n) is 4.92. The number of carbonyl (C=O) groups excluding carboxylic acids is 2. The lowest BCUT2D eigenvalue weighted by Gasteiger charge is -2.30. The van der Waals surface area contributed by atoms with Crippen molar-refractivity contribution in [1.82, 2.24) is 4.57 Å². The molecule has 0 radical (unpaired) electrons. The van der Waals surface area contributed by atoms with Gasteiger partial charge >= 0.3 is 11.9 Å². The number of nitrogens with zero attached hydrogens (tertiary/aromatic N) is 1. The first-order valence-corrected chi connectivity index (χ1v) is 7.52. The Morgan fingerprint density at radius 3 is 2.61 bits per heavy atom. The average Bonchev–Trinajstić information content (AvgIpc) is 3.11. The molecule has 2 bridgehead atoms. The predicted octanol–water partition coefficient (Wildman–Crippen LogP) is 1.82. The third kappa shape index (κ3) is 1.72. The highest BCUT2D eigenvalue weighted by molar-refractivity contribution is 6.01. The second kappa shape index (κ2) is 4.83. The number of benzene rings is 1. The highest BCUT2D eigenvalue weighted by Gasteiger charge is 2.64. The lowest BCUT2D eigenvalue weighted by molar-refractivity contribution is -0.174. The van der Waals surface area contributed by atoms with Gasteiger partial charge in [0.25, 0.3) is 0 Å². The fraction of sp³-hybridized carbons (Fsp3) is 0.412. The van der Waals surface area contributed by atoms with Gasteiger partial charge in [0.15, 0.2) is 5.41 Å². The highest BCUT2D eigenvalue weighted by atomic mass is 16.6. The van der Waals surface area contributed by atoms with Crippen LogP contribution in [-0.2, 0) is 30.3 Å². The molecule has 0 spiro atoms. The Kier molecular flexibility index (Phi) is 2.99. The Morgan fingerprint density at radius 2 is 1.91 bits per heavy atom. The molecule has 2 aromatic rings. The molecular formula is C17H17NO5. The quantitative estimate of drug-likeness (QED) is 0.625. The molecule has 0 aliphatic carbocycles. The van der Waals surface area contributed by atoms with E-state index in [9.17, 15) is 9.59 Å². The Bertz CT molecular complexity index is 792. The zero-order valence-corrected chi connectivity index (χ0v) is 12.9. The molecule has 120 valence electrons. The normalized spacial score (nSPS) is 24.3. The monoisotopic (exact) mass is 315 g/mol. The molecule has 0 saturated carbocycles. The third-order valence-corrected chi connectivity index (χ3v) is 4.92. The van der Waals surface area contributed by atoms with Crippen molar-refractivity contribution in [2.24, 2.45) is 5.41 Å². The lowest BCUT2D eigenvalue weighted by atomic mass is 9.79. The van der Waals surface area contributed by atoms with E-state index in [0.29, 0.717) is 6.54 Å². The number of hydrogen-bond donors (Lipinski definition) is 0. The highest BCUT2D eigenvalue weighted by Crippen LogP contribution is 2.53. The number of para-hydroxylation sites is 1. The van der Waals surface area contributed by atoms with Crippen molar-refractivity contribution in [3.8, 4) is 0 Å². The number of aromatic nitrogens is 1. The topological polar surface area (TPSA) is 66.8 Å². The van der Waals surface area contributed by atoms with Crippen LogP contribution in [0.1, 0.15) is 18.2 Å². The molecule has 2 aliphatic rings. The molecule has 1 aromatic heterocycles. The van der Waals surface area contributed by atoms with Crippen LogP contribution >= 0.6 is 0 Å². The van der Waals surface area contributed by atoms with Gasteiger partial charge in [-0.2, -0.15) is 0 Å². The molecule has 6 nitrogen and oxygen atoms in total. The fourth-order valence-corrected chi connectivity index (χ4v) is 3.94. The zero-order valence-electron chi connectivity index (χ0n) is 12.9. The minimum absolute atomic E-state index is 0.221. The maximum atomic E-state index is 12.5. The molecular weight excluding hydrogens is 298 g/mol. The summed E-state index contributed by atoms with van der Waals surface area (Å²) >= 11 is 0. The summed E-state index contributed by atoms with van der Waals surface area (Å²) in [5.41, 5.74) is 0.457. The van der Waals surface area contributed by atoms with Crippen molar-refractivity contribution in [2.75, 3.05) is 14.2 Å². The van der Waals surface area contributed by atoms with Gasteiger partial charge in [0, 0.05) is 24.2 Å². The number of ether oxygens (including phenoxy) is 3. The summed E-state index contributed by atoms with van der Waals surface area (Å²) in [7, 11) is 2.57. The number of fused-ring (bicyclic) bond motifs is 6. The number of esters is 2. The SMILES string of the molecule is COC(=O)C1(C(=O)OC)C[C@H]2Cn3c(cc4ccccc43)[C@@H]1O2. The van der Waals surface area contributed by atoms with Gasteiger partial charge in [-0.05, 0) is 17.5 Å². The predicted molar refractivity (Wildman–Crippen MR) is 80.6 cm³/mol. The number of rotatable bonds is 2. The summed E-state index contributed by atoms with van der Waals surface area (Å²) in [5, 5.41) is 1.06. The van der Waals surface area contributed by atoms with E-state index in [-0.39, 0.29) is 12.5 Å². The van der Waals surface area contributed by atoms with Crippen molar-refractivity contribution < 1.29 is 23.8 Å². The molecule has 1 saturated heterocycles. The average molecular weight is 315 g/mol. The van der Waals surface area contributed by atoms with E-state index in [1.54, 1.807) is 0 Å². The van der Waals surface area contributed by atoms with Gasteiger partial charge in [-0.25, -0.2) is 0 Å². The zero-order chi connectivity index (χ0) is 16.2. The van der Waals surface area contributed by atoms with Crippen LogP contribution in [0.25, 0.3) is 10.9 Å². The maximum absolute atomic E-state index is 12.5. The smallest absolute Gasteiger partial charge is 0.326 e. The molecule has 23 heavy (non-hydrogen) atoms. The summed E-state index contributed by atoms with van der Waals surface area (Å²) < 4.78 is 18.0. The van der Waals surface area contributed by atoms with Crippen LogP contribution in [0.5, 0.6) is 0 Å². The summed E-state index contributed by atoms with van der Waals surface area (Å²) in [6, 6.07) is 9.94. The van der Waals surface area contributed by atoms with Gasteiger partial charge in [-0.3, -0.25) is 9.59 Å². The fourth-order valence-electron chi connectivity index (χ4n) is 3.94. The minimum atomic E-state index is -1.43. The van der Waals surface area contributed by atoms with E-state index in [0.717, 1.165) is 16.6 Å². The van der Waals surface area contributed by atoms with Gasteiger partial charge in [-0.15, -0.1) is 0 Å². The standard InChI is InChI=1S/C17H17NO5/c1-21-15(19)17(16(20)22-2)8-11-9-18-12-6-4-3-5-10(12)7-13(18)14(17)23-11/h3-7,11,14H,8-9H2,1-2H3/t11-,14-/m0/s1. The van der Waals surface area contributed by atoms with Gasteiger partial charge in [-0.1, -0.05) is 18.2 Å². The molecule has 2 aliphatic heterocycles. The van der Waals surface area contributed by atoms with Crippen molar-refractivity contribution in [2.45, 2.75) is 25.2 Å². The van der Waals surface area contributed by atoms with Crippen molar-refractivity contribution in [3.63, 3.8) is 0 Å². The molecule has 0 unspecified atom stereocenters. The van der Waals surface area contributed by atoms with Crippen LogP contribution in [0.4, 0.5) is 0 Å². The first-order chi connectivity index (χ1) is 11.1. The molecule has 0 N–H and O–H groups in total. The molecule has 6 heteroatoms. The molecule has 2 atom stereocenters. The molecule has 0 amide bonds. The summed E-state index contributed by atoms with van der Waals surface area (Å²) in [6.45, 7) is 0.606. The molecule has 3 heterocycles. The first kappa shape index (κ1) is 14.3. The second-order valence-corrected chi connectivity index (χ2v) is 6.04. The summed E-state index contributed by atoms with van der Waals surface area (Å²) in [6.07, 6.45) is -0.637. The number of carbonyl (C=O) groups is 2. The van der Waals surface area contributed by atoms with Crippen LogP contribution in [0.15, 0.2) is 30.3 Å². The number of methoxy groups -OCH3 is 2. The molecule has 4 rings (SSSR count). The van der Waals surface area contributed by atoms with E-state index in [4.69, 9.17) is 14.2 Å². The van der Waals surface area contributed by atoms with E-state index in [1.165, 1.54) is 14.2 Å². The van der Waals surface area contributed by atoms with E-state index < -0.39 is 23.5 Å². The second-order valence-electron chi connectivity index (χ2n) is 6.04. The van der Waals surface area contributed by atoms with Crippen molar-refractivity contribution in [3.05, 3.63) is 36.0 Å². The Balaban J connectivity index is 1.93. The number of hydrogen-bond acceptors (Lipinski definition) is 5. The lowest BCUT2D eigenvalue weighted by Crippen LogP contribution is -2.43. The van der Waals surface area contributed by atoms with E-state index in [1.807, 2.05) is 30.3 Å². The van der Waals surface area contributed by atoms with Crippen LogP contribution in [0.2, 0.25) is 0 Å². The van der Waals surface area contributed by atoms with Crippen LogP contribution < -0.4 is 0 Å². The maximum Gasteiger partial charge on any atom is 0.326 e. The van der Waals surface area contributed by atoms with E-state index >= 15 is 0 Å². The Labute approximate surface area is 132 Å². The van der Waals surface area contributed by atoms with E-state index in [2.05, 4.69) is 4.57 Å². The Hall–Kier alpha value is -2.34. The van der Waals surface area contributed by atoms with Gasteiger partial charge in [0.1, 0.15) is 6.10 Å². The summed E-state index contributed by atoms with van der Waals surface area (Å²) in [5.74, 6) is -1.20.